The van der Waals surface area contributed by atoms with Gasteiger partial charge in [0.05, 0.1) is 0 Å². The third-order valence-corrected chi connectivity index (χ3v) is 3.28. The van der Waals surface area contributed by atoms with Crippen LogP contribution in [-0.4, -0.2) is 11.4 Å². The van der Waals surface area contributed by atoms with Crippen LogP contribution in [0.25, 0.3) is 0 Å². The molecule has 0 fully saturated rings. The highest BCUT2D eigenvalue weighted by Gasteiger charge is 2.21. The van der Waals surface area contributed by atoms with Crippen molar-refractivity contribution in [2.45, 2.75) is 18.2 Å². The second-order valence-electron chi connectivity index (χ2n) is 2.06. The number of aromatic nitrogens is 1. The Hall–Kier alpha value is -0.0300. The minimum Gasteiger partial charge on any atom is -0.245 e. The summed E-state index contributed by atoms with van der Waals surface area (Å²) in [6.07, 6.45) is -2.39. The molecule has 1 atom stereocenters. The first kappa shape index (κ1) is 9.06. The van der Waals surface area contributed by atoms with Crippen LogP contribution < -0.4 is 0 Å². The predicted molar refractivity (Wildman–Crippen MR) is 44.5 cm³/mol. The molecule has 1 unspecified atom stereocenters. The number of halogens is 3. The van der Waals surface area contributed by atoms with Gasteiger partial charge in [-0.15, -0.1) is 11.3 Å². The van der Waals surface area contributed by atoms with Gasteiger partial charge in [-0.25, -0.2) is 13.8 Å². The Morgan fingerprint density at radius 1 is 1.64 bits per heavy atom. The van der Waals surface area contributed by atoms with Crippen molar-refractivity contribution in [2.75, 3.05) is 0 Å². The molecule has 0 aliphatic carbocycles. The van der Waals surface area contributed by atoms with Gasteiger partial charge in [-0.05, 0) is 6.92 Å². The van der Waals surface area contributed by atoms with Gasteiger partial charge >= 0.3 is 0 Å². The highest BCUT2D eigenvalue weighted by Crippen LogP contribution is 2.31. The third kappa shape index (κ3) is 2.20. The van der Waals surface area contributed by atoms with Crippen molar-refractivity contribution < 1.29 is 8.78 Å². The van der Waals surface area contributed by atoms with E-state index in [2.05, 4.69) is 20.9 Å². The van der Waals surface area contributed by atoms with Gasteiger partial charge in [0.25, 0.3) is 6.43 Å². The van der Waals surface area contributed by atoms with E-state index in [0.29, 0.717) is 5.01 Å². The molecule has 1 nitrogen and oxygen atoms in total. The molecule has 5 heteroatoms. The summed E-state index contributed by atoms with van der Waals surface area (Å²) in [4.78, 5) is 3.01. The molecule has 0 bridgehead atoms. The summed E-state index contributed by atoms with van der Waals surface area (Å²) in [5, 5.41) is 2.20. The molecule has 0 amide bonds. The number of alkyl halides is 3. The van der Waals surface area contributed by atoms with E-state index in [9.17, 15) is 8.78 Å². The summed E-state index contributed by atoms with van der Waals surface area (Å²) >= 11 is 4.11. The second-order valence-corrected chi connectivity index (χ2v) is 3.94. The summed E-state index contributed by atoms with van der Waals surface area (Å²) in [6.45, 7) is 1.78. The van der Waals surface area contributed by atoms with Crippen molar-refractivity contribution in [1.29, 1.82) is 0 Å². The van der Waals surface area contributed by atoms with E-state index < -0.39 is 11.3 Å². The van der Waals surface area contributed by atoms with E-state index >= 15 is 0 Å². The van der Waals surface area contributed by atoms with E-state index in [1.165, 1.54) is 11.3 Å². The molecule has 0 saturated heterocycles. The molecule has 0 radical (unpaired) electrons. The first-order valence-electron chi connectivity index (χ1n) is 2.95. The lowest BCUT2D eigenvalue weighted by Crippen LogP contribution is -2.00. The zero-order chi connectivity index (χ0) is 8.43. The normalized spacial score (nSPS) is 13.9. The number of hydrogen-bond acceptors (Lipinski definition) is 2. The lowest BCUT2D eigenvalue weighted by Gasteiger charge is -2.02. The topological polar surface area (TPSA) is 12.9 Å². The molecule has 0 aliphatic heterocycles. The summed E-state index contributed by atoms with van der Waals surface area (Å²) < 4.78 is 24.1. The summed E-state index contributed by atoms with van der Waals surface area (Å²) in [6, 6.07) is 0. The highest BCUT2D eigenvalue weighted by atomic mass is 79.9. The van der Waals surface area contributed by atoms with Crippen molar-refractivity contribution in [1.82, 2.24) is 4.98 Å². The molecule has 0 N–H and O–H groups in total. The minimum absolute atomic E-state index is 0.442. The molecule has 0 spiro atoms. The van der Waals surface area contributed by atoms with Gasteiger partial charge in [-0.1, -0.05) is 15.9 Å². The summed E-state index contributed by atoms with van der Waals surface area (Å²) in [7, 11) is 0. The van der Waals surface area contributed by atoms with Crippen molar-refractivity contribution in [2.24, 2.45) is 0 Å². The first-order chi connectivity index (χ1) is 5.11. The molecule has 1 aromatic rings. The third-order valence-electron chi connectivity index (χ3n) is 1.09. The molecule has 0 saturated carbocycles. The van der Waals surface area contributed by atoms with Crippen LogP contribution in [0.2, 0.25) is 0 Å². The quantitative estimate of drug-likeness (QED) is 0.726. The predicted octanol–water partition coefficient (Wildman–Crippen LogP) is 3.15. The van der Waals surface area contributed by atoms with Crippen LogP contribution in [0.5, 0.6) is 0 Å². The van der Waals surface area contributed by atoms with Crippen molar-refractivity contribution >= 4 is 27.3 Å². The van der Waals surface area contributed by atoms with E-state index in [1.807, 2.05) is 0 Å². The Morgan fingerprint density at radius 2 is 2.27 bits per heavy atom. The van der Waals surface area contributed by atoms with Crippen LogP contribution in [0, 0.1) is 6.92 Å². The van der Waals surface area contributed by atoms with Gasteiger partial charge in [0.15, 0.2) is 0 Å². The van der Waals surface area contributed by atoms with Crippen LogP contribution in [0.1, 0.15) is 15.5 Å². The molecular formula is C6H6BrF2NS. The summed E-state index contributed by atoms with van der Waals surface area (Å²) in [5.74, 6) is 0. The maximum Gasteiger partial charge on any atom is 0.257 e. The molecule has 1 aromatic heterocycles. The molecule has 0 aromatic carbocycles. The monoisotopic (exact) mass is 241 g/mol. The van der Waals surface area contributed by atoms with Crippen LogP contribution in [-0.2, 0) is 0 Å². The molecule has 11 heavy (non-hydrogen) atoms. The maximum atomic E-state index is 12.0. The van der Waals surface area contributed by atoms with Crippen LogP contribution in [0.3, 0.4) is 0 Å². The zero-order valence-corrected chi connectivity index (χ0v) is 8.12. The maximum absolute atomic E-state index is 12.0. The minimum atomic E-state index is -2.39. The van der Waals surface area contributed by atoms with Gasteiger partial charge in [-0.3, -0.25) is 0 Å². The van der Waals surface area contributed by atoms with Crippen molar-refractivity contribution in [3.05, 3.63) is 16.1 Å². The molecule has 1 rings (SSSR count). The number of hydrogen-bond donors (Lipinski definition) is 0. The van der Waals surface area contributed by atoms with E-state index in [0.717, 1.165) is 5.69 Å². The average molecular weight is 242 g/mol. The zero-order valence-electron chi connectivity index (χ0n) is 5.72. The van der Waals surface area contributed by atoms with Gasteiger partial charge in [-0.2, -0.15) is 0 Å². The van der Waals surface area contributed by atoms with E-state index in [4.69, 9.17) is 0 Å². The molecular weight excluding hydrogens is 236 g/mol. The van der Waals surface area contributed by atoms with Crippen LogP contribution in [0.15, 0.2) is 5.38 Å². The number of aryl methyl sites for hydroxylation is 1. The molecule has 62 valence electrons. The Balaban J connectivity index is 2.76. The first-order valence-corrected chi connectivity index (χ1v) is 4.75. The fourth-order valence-corrected chi connectivity index (χ4v) is 1.81. The number of rotatable bonds is 2. The average Bonchev–Trinajstić information content (AvgIpc) is 2.34. The lowest BCUT2D eigenvalue weighted by atomic mass is 10.4. The van der Waals surface area contributed by atoms with Gasteiger partial charge in [0.2, 0.25) is 0 Å². The van der Waals surface area contributed by atoms with Crippen molar-refractivity contribution in [3.8, 4) is 0 Å². The van der Waals surface area contributed by atoms with Gasteiger partial charge < -0.3 is 0 Å². The summed E-state index contributed by atoms with van der Waals surface area (Å²) in [5.41, 5.74) is 0.787. The Morgan fingerprint density at radius 3 is 2.64 bits per heavy atom. The fourth-order valence-electron chi connectivity index (χ4n) is 0.607. The number of thiazole rings is 1. The smallest absolute Gasteiger partial charge is 0.245 e. The Bertz CT molecular complexity index is 238. The molecule has 1 heterocycles. The van der Waals surface area contributed by atoms with Gasteiger partial charge in [0, 0.05) is 11.1 Å². The largest absolute Gasteiger partial charge is 0.257 e. The van der Waals surface area contributed by atoms with Crippen LogP contribution in [0.4, 0.5) is 8.78 Å². The highest BCUT2D eigenvalue weighted by molar-refractivity contribution is 9.09. The number of nitrogens with zero attached hydrogens (tertiary/aromatic N) is 1. The fraction of sp³-hybridized carbons (Fsp3) is 0.500. The Labute approximate surface area is 75.6 Å². The van der Waals surface area contributed by atoms with Crippen LogP contribution >= 0.6 is 27.3 Å². The van der Waals surface area contributed by atoms with Crippen molar-refractivity contribution in [3.63, 3.8) is 0 Å². The van der Waals surface area contributed by atoms with E-state index in [1.54, 1.807) is 12.3 Å². The lowest BCUT2D eigenvalue weighted by molar-refractivity contribution is 0.147. The SMILES string of the molecule is Cc1csc(C(Br)C(F)F)n1. The molecule has 0 aliphatic rings. The Kier molecular flexibility index (Phi) is 2.95. The van der Waals surface area contributed by atoms with E-state index in [-0.39, 0.29) is 0 Å². The van der Waals surface area contributed by atoms with Gasteiger partial charge in [0.1, 0.15) is 9.83 Å². The second kappa shape index (κ2) is 3.58. The standard InChI is InChI=1S/C6H6BrF2NS/c1-3-2-11-6(10-3)4(7)5(8)9/h2,4-5H,1H3.